The summed E-state index contributed by atoms with van der Waals surface area (Å²) in [5.74, 6) is -0.707. The van der Waals surface area contributed by atoms with Crippen LogP contribution in [-0.2, 0) is 22.9 Å². The van der Waals surface area contributed by atoms with E-state index in [0.717, 1.165) is 36.8 Å². The highest BCUT2D eigenvalue weighted by Gasteiger charge is 2.19. The van der Waals surface area contributed by atoms with Gasteiger partial charge in [-0.25, -0.2) is 8.42 Å². The number of amides is 1. The zero-order chi connectivity index (χ0) is 18.7. The van der Waals surface area contributed by atoms with Crippen molar-refractivity contribution in [3.05, 3.63) is 69.3 Å². The molecule has 0 heterocycles. The smallest absolute Gasteiger partial charge is 0.269 e. The third-order valence-electron chi connectivity index (χ3n) is 4.27. The van der Waals surface area contributed by atoms with Crippen LogP contribution in [0.1, 0.15) is 34.3 Å². The summed E-state index contributed by atoms with van der Waals surface area (Å²) in [6.45, 7) is 0. The number of hydrogen-bond donors (Lipinski definition) is 2. The van der Waals surface area contributed by atoms with Gasteiger partial charge in [-0.3, -0.25) is 20.3 Å². The van der Waals surface area contributed by atoms with E-state index in [9.17, 15) is 23.3 Å². The largest absolute Gasteiger partial charge is 0.273 e. The minimum Gasteiger partial charge on any atom is -0.273 e. The minimum atomic E-state index is -3.91. The van der Waals surface area contributed by atoms with E-state index in [1.807, 2.05) is 0 Å². The van der Waals surface area contributed by atoms with Gasteiger partial charge in [-0.05, 0) is 61.1 Å². The van der Waals surface area contributed by atoms with E-state index in [1.54, 1.807) is 12.1 Å². The Bertz CT molecular complexity index is 955. The highest BCUT2D eigenvalue weighted by Crippen LogP contribution is 2.23. The molecule has 8 nitrogen and oxygen atoms in total. The number of nitro groups is 1. The number of sulfonamides is 1. The molecule has 1 aliphatic rings. The van der Waals surface area contributed by atoms with E-state index in [1.165, 1.54) is 30.3 Å². The number of benzene rings is 2. The molecule has 2 aromatic rings. The van der Waals surface area contributed by atoms with Crippen molar-refractivity contribution in [1.29, 1.82) is 0 Å². The standard InChI is InChI=1S/C17H17N3O5S/c21-17(13-5-8-15(9-6-13)20(22)23)18-19-26(24,25)16-10-7-12-3-1-2-4-14(12)11-16/h5-11,19H,1-4H2,(H,18,21). The number of aryl methyl sites for hydroxylation is 2. The number of non-ortho nitro benzene ring substituents is 1. The fraction of sp³-hybridized carbons (Fsp3) is 0.235. The summed E-state index contributed by atoms with van der Waals surface area (Å²) in [7, 11) is -3.91. The van der Waals surface area contributed by atoms with Crippen molar-refractivity contribution < 1.29 is 18.1 Å². The van der Waals surface area contributed by atoms with Crippen LogP contribution >= 0.6 is 0 Å². The Morgan fingerprint density at radius 1 is 1.00 bits per heavy atom. The van der Waals surface area contributed by atoms with Gasteiger partial charge in [0.25, 0.3) is 21.6 Å². The van der Waals surface area contributed by atoms with Crippen LogP contribution in [0.15, 0.2) is 47.4 Å². The zero-order valence-electron chi connectivity index (χ0n) is 13.8. The molecule has 0 bridgehead atoms. The van der Waals surface area contributed by atoms with Gasteiger partial charge in [0.1, 0.15) is 0 Å². The van der Waals surface area contributed by atoms with E-state index in [-0.39, 0.29) is 16.1 Å². The molecular formula is C17H17N3O5S. The maximum absolute atomic E-state index is 12.4. The van der Waals surface area contributed by atoms with Gasteiger partial charge < -0.3 is 0 Å². The molecule has 26 heavy (non-hydrogen) atoms. The maximum atomic E-state index is 12.4. The van der Waals surface area contributed by atoms with Crippen molar-refractivity contribution >= 4 is 21.6 Å². The molecule has 0 aliphatic heterocycles. The third-order valence-corrected chi connectivity index (χ3v) is 5.51. The Morgan fingerprint density at radius 2 is 1.65 bits per heavy atom. The van der Waals surface area contributed by atoms with Gasteiger partial charge in [-0.1, -0.05) is 6.07 Å². The molecule has 0 aromatic heterocycles. The first-order valence-corrected chi connectivity index (χ1v) is 9.53. The van der Waals surface area contributed by atoms with E-state index < -0.39 is 20.9 Å². The second-order valence-electron chi connectivity index (χ2n) is 6.00. The molecule has 0 radical (unpaired) electrons. The predicted molar refractivity (Wildman–Crippen MR) is 94.0 cm³/mol. The molecule has 2 aromatic carbocycles. The fourth-order valence-electron chi connectivity index (χ4n) is 2.86. The van der Waals surface area contributed by atoms with Crippen molar-refractivity contribution in [1.82, 2.24) is 10.3 Å². The van der Waals surface area contributed by atoms with E-state index in [0.29, 0.717) is 0 Å². The zero-order valence-corrected chi connectivity index (χ0v) is 14.6. The van der Waals surface area contributed by atoms with Gasteiger partial charge in [0, 0.05) is 17.7 Å². The van der Waals surface area contributed by atoms with Crippen molar-refractivity contribution in [2.75, 3.05) is 0 Å². The lowest BCUT2D eigenvalue weighted by atomic mass is 9.92. The van der Waals surface area contributed by atoms with Crippen molar-refractivity contribution in [3.63, 3.8) is 0 Å². The molecule has 3 rings (SSSR count). The molecular weight excluding hydrogens is 358 g/mol. The fourth-order valence-corrected chi connectivity index (χ4v) is 3.75. The Balaban J connectivity index is 1.69. The van der Waals surface area contributed by atoms with Crippen LogP contribution in [-0.4, -0.2) is 19.2 Å². The molecule has 0 fully saturated rings. The number of nitrogens with zero attached hydrogens (tertiary/aromatic N) is 1. The average molecular weight is 375 g/mol. The van der Waals surface area contributed by atoms with Gasteiger partial charge in [0.2, 0.25) is 0 Å². The molecule has 0 unspecified atom stereocenters. The van der Waals surface area contributed by atoms with Crippen LogP contribution in [0.2, 0.25) is 0 Å². The van der Waals surface area contributed by atoms with Crippen LogP contribution in [0.25, 0.3) is 0 Å². The van der Waals surface area contributed by atoms with Crippen LogP contribution in [0.4, 0.5) is 5.69 Å². The number of rotatable bonds is 5. The number of hydrogen-bond acceptors (Lipinski definition) is 5. The lowest BCUT2D eigenvalue weighted by Crippen LogP contribution is -2.41. The number of fused-ring (bicyclic) bond motifs is 1. The molecule has 1 aliphatic carbocycles. The van der Waals surface area contributed by atoms with Crippen molar-refractivity contribution in [2.45, 2.75) is 30.6 Å². The molecule has 0 spiro atoms. The third kappa shape index (κ3) is 3.89. The second-order valence-corrected chi connectivity index (χ2v) is 7.68. The summed E-state index contributed by atoms with van der Waals surface area (Å²) in [4.78, 5) is 24.2. The topological polar surface area (TPSA) is 118 Å². The second kappa shape index (κ2) is 7.22. The lowest BCUT2D eigenvalue weighted by Gasteiger charge is -2.17. The molecule has 0 saturated heterocycles. The Morgan fingerprint density at radius 3 is 2.31 bits per heavy atom. The van der Waals surface area contributed by atoms with E-state index in [2.05, 4.69) is 10.3 Å². The highest BCUT2D eigenvalue weighted by molar-refractivity contribution is 7.89. The van der Waals surface area contributed by atoms with Gasteiger partial charge in [-0.15, -0.1) is 4.83 Å². The number of hydrazine groups is 1. The van der Waals surface area contributed by atoms with Crippen molar-refractivity contribution in [3.8, 4) is 0 Å². The maximum Gasteiger partial charge on any atom is 0.269 e. The van der Waals surface area contributed by atoms with Crippen LogP contribution in [0.3, 0.4) is 0 Å². The average Bonchev–Trinajstić information content (AvgIpc) is 2.65. The van der Waals surface area contributed by atoms with E-state index >= 15 is 0 Å². The first kappa shape index (κ1) is 18.0. The summed E-state index contributed by atoms with van der Waals surface area (Å²) >= 11 is 0. The van der Waals surface area contributed by atoms with Crippen LogP contribution in [0, 0.1) is 10.1 Å². The summed E-state index contributed by atoms with van der Waals surface area (Å²) < 4.78 is 24.8. The summed E-state index contributed by atoms with van der Waals surface area (Å²) in [5, 5.41) is 10.6. The molecule has 2 N–H and O–H groups in total. The molecule has 0 saturated carbocycles. The Labute approximate surface area is 150 Å². The van der Waals surface area contributed by atoms with Gasteiger partial charge in [-0.2, -0.15) is 0 Å². The van der Waals surface area contributed by atoms with Gasteiger partial charge >= 0.3 is 0 Å². The van der Waals surface area contributed by atoms with Gasteiger partial charge in [0.05, 0.1) is 9.82 Å². The predicted octanol–water partition coefficient (Wildman–Crippen LogP) is 2.10. The summed E-state index contributed by atoms with van der Waals surface area (Å²) in [5.41, 5.74) is 4.24. The SMILES string of the molecule is O=C(NNS(=O)(=O)c1ccc2c(c1)CCCC2)c1ccc([N+](=O)[O-])cc1. The number of carbonyl (C=O) groups excluding carboxylic acids is 1. The quantitative estimate of drug-likeness (QED) is 0.613. The first-order valence-electron chi connectivity index (χ1n) is 8.05. The lowest BCUT2D eigenvalue weighted by molar-refractivity contribution is -0.384. The summed E-state index contributed by atoms with van der Waals surface area (Å²) in [6.07, 6.45) is 3.91. The number of carbonyl (C=O) groups is 1. The number of nitro benzene ring substituents is 1. The molecule has 9 heteroatoms. The van der Waals surface area contributed by atoms with Crippen LogP contribution in [0.5, 0.6) is 0 Å². The first-order chi connectivity index (χ1) is 12.4. The van der Waals surface area contributed by atoms with Crippen molar-refractivity contribution in [2.24, 2.45) is 0 Å². The Kier molecular flexibility index (Phi) is 5.01. The minimum absolute atomic E-state index is 0.0853. The molecule has 1 amide bonds. The highest BCUT2D eigenvalue weighted by atomic mass is 32.2. The molecule has 0 atom stereocenters. The Hall–Kier alpha value is -2.78. The summed E-state index contributed by atoms with van der Waals surface area (Å²) in [6, 6.07) is 9.81. The molecule has 136 valence electrons. The van der Waals surface area contributed by atoms with E-state index in [4.69, 9.17) is 0 Å². The number of nitrogens with one attached hydrogen (secondary N) is 2. The van der Waals surface area contributed by atoms with Crippen LogP contribution < -0.4 is 10.3 Å². The normalized spacial score (nSPS) is 13.7. The van der Waals surface area contributed by atoms with Gasteiger partial charge in [0.15, 0.2) is 0 Å². The monoisotopic (exact) mass is 375 g/mol.